The first-order valence-electron chi connectivity index (χ1n) is 11.1. The van der Waals surface area contributed by atoms with E-state index in [-0.39, 0.29) is 23.6 Å². The van der Waals surface area contributed by atoms with Crippen molar-refractivity contribution < 1.29 is 19.1 Å². The molecule has 3 amide bonds. The van der Waals surface area contributed by atoms with Crippen molar-refractivity contribution in [3.63, 3.8) is 0 Å². The molecule has 1 atom stereocenters. The molecule has 0 unspecified atom stereocenters. The predicted molar refractivity (Wildman–Crippen MR) is 121 cm³/mol. The summed E-state index contributed by atoms with van der Waals surface area (Å²) in [6.07, 6.45) is 2.43. The fourth-order valence-corrected chi connectivity index (χ4v) is 4.37. The highest BCUT2D eigenvalue weighted by molar-refractivity contribution is 5.95. The van der Waals surface area contributed by atoms with Crippen molar-refractivity contribution in [3.05, 3.63) is 59.7 Å². The Morgan fingerprint density at radius 1 is 1.06 bits per heavy atom. The van der Waals surface area contributed by atoms with Crippen LogP contribution in [0.15, 0.2) is 48.5 Å². The Balaban J connectivity index is 1.32. The normalized spacial score (nSPS) is 18.7. The molecule has 2 aliphatic heterocycles. The minimum atomic E-state index is -0.232. The molecule has 4 rings (SSSR count). The number of rotatable bonds is 7. The number of ether oxygens (including phenoxy) is 1. The Labute approximate surface area is 188 Å². The van der Waals surface area contributed by atoms with E-state index in [1.165, 1.54) is 0 Å². The first-order chi connectivity index (χ1) is 15.5. The Kier molecular flexibility index (Phi) is 6.73. The summed E-state index contributed by atoms with van der Waals surface area (Å²) in [4.78, 5) is 40.7. The quantitative estimate of drug-likeness (QED) is 0.725. The second-order valence-electron chi connectivity index (χ2n) is 8.35. The lowest BCUT2D eigenvalue weighted by Crippen LogP contribution is -2.45. The predicted octanol–water partition coefficient (Wildman–Crippen LogP) is 2.88. The van der Waals surface area contributed by atoms with E-state index in [4.69, 9.17) is 4.74 Å². The van der Waals surface area contributed by atoms with Gasteiger partial charge < -0.3 is 19.9 Å². The van der Waals surface area contributed by atoms with Crippen LogP contribution >= 0.6 is 0 Å². The lowest BCUT2D eigenvalue weighted by molar-refractivity contribution is -0.139. The average Bonchev–Trinajstić information content (AvgIpc) is 3.25. The van der Waals surface area contributed by atoms with E-state index in [1.54, 1.807) is 16.9 Å². The molecular formula is C25H29N3O4. The minimum Gasteiger partial charge on any atom is -0.496 e. The number of likely N-dealkylation sites (tertiary alicyclic amines) is 1. The van der Waals surface area contributed by atoms with Gasteiger partial charge in [0.25, 0.3) is 0 Å². The molecular weight excluding hydrogens is 406 g/mol. The molecule has 0 spiro atoms. The monoisotopic (exact) mass is 435 g/mol. The Morgan fingerprint density at radius 2 is 1.84 bits per heavy atom. The van der Waals surface area contributed by atoms with Crippen LogP contribution in [-0.4, -0.2) is 42.8 Å². The first-order valence-corrected chi connectivity index (χ1v) is 11.1. The summed E-state index contributed by atoms with van der Waals surface area (Å²) >= 11 is 0. The molecule has 2 aliphatic rings. The van der Waals surface area contributed by atoms with Crippen molar-refractivity contribution in [1.82, 2.24) is 10.2 Å². The lowest BCUT2D eigenvalue weighted by atomic mass is 9.96. The van der Waals surface area contributed by atoms with Gasteiger partial charge in [0, 0.05) is 50.3 Å². The van der Waals surface area contributed by atoms with Gasteiger partial charge in [0.2, 0.25) is 17.7 Å². The number of para-hydroxylation sites is 1. The Morgan fingerprint density at radius 3 is 2.56 bits per heavy atom. The van der Waals surface area contributed by atoms with Gasteiger partial charge in [0.05, 0.1) is 13.0 Å². The zero-order valence-electron chi connectivity index (χ0n) is 18.4. The van der Waals surface area contributed by atoms with Crippen LogP contribution in [0.2, 0.25) is 0 Å². The van der Waals surface area contributed by atoms with E-state index in [2.05, 4.69) is 5.32 Å². The van der Waals surface area contributed by atoms with Crippen molar-refractivity contribution in [2.24, 2.45) is 5.92 Å². The van der Waals surface area contributed by atoms with Crippen molar-refractivity contribution in [2.75, 3.05) is 25.1 Å². The van der Waals surface area contributed by atoms with E-state index in [1.807, 2.05) is 48.5 Å². The smallest absolute Gasteiger partial charge is 0.227 e. The second-order valence-corrected chi connectivity index (χ2v) is 8.35. The Bertz CT molecular complexity index is 989. The molecule has 2 fully saturated rings. The number of carbonyl (C=O) groups excluding carboxylic acids is 3. The fourth-order valence-electron chi connectivity index (χ4n) is 4.37. The van der Waals surface area contributed by atoms with Crippen LogP contribution in [0.3, 0.4) is 0 Å². The summed E-state index contributed by atoms with van der Waals surface area (Å²) in [5.41, 5.74) is 2.81. The number of amides is 3. The first kappa shape index (κ1) is 21.9. The van der Waals surface area contributed by atoms with Crippen LogP contribution in [0.5, 0.6) is 5.75 Å². The summed E-state index contributed by atoms with van der Waals surface area (Å²) < 4.78 is 5.39. The fraction of sp³-hybridized carbons (Fsp3) is 0.400. The van der Waals surface area contributed by atoms with Crippen molar-refractivity contribution >= 4 is 23.4 Å². The number of hydrogen-bond donors (Lipinski definition) is 1. The van der Waals surface area contributed by atoms with Crippen LogP contribution < -0.4 is 15.0 Å². The van der Waals surface area contributed by atoms with Gasteiger partial charge in [-0.1, -0.05) is 30.3 Å². The van der Waals surface area contributed by atoms with E-state index < -0.39 is 0 Å². The topological polar surface area (TPSA) is 79.0 Å². The third-order valence-corrected chi connectivity index (χ3v) is 6.21. The van der Waals surface area contributed by atoms with E-state index >= 15 is 0 Å². The highest BCUT2D eigenvalue weighted by atomic mass is 16.5. The van der Waals surface area contributed by atoms with E-state index in [9.17, 15) is 14.4 Å². The highest BCUT2D eigenvalue weighted by Crippen LogP contribution is 2.25. The number of piperidine rings is 1. The van der Waals surface area contributed by atoms with Crippen LogP contribution in [0.1, 0.15) is 36.8 Å². The number of hydrogen-bond acceptors (Lipinski definition) is 4. The number of nitrogens with one attached hydrogen (secondary N) is 1. The lowest BCUT2D eigenvalue weighted by Gasteiger charge is -2.32. The molecule has 0 saturated carbocycles. The molecule has 0 aromatic heterocycles. The Hall–Kier alpha value is -3.35. The summed E-state index contributed by atoms with van der Waals surface area (Å²) in [6, 6.07) is 15.4. The summed E-state index contributed by atoms with van der Waals surface area (Å²) in [6.45, 7) is 2.02. The molecule has 7 nitrogen and oxygen atoms in total. The number of nitrogens with zero attached hydrogens (tertiary/aromatic N) is 2. The SMILES string of the molecule is COc1ccccc1CN1C[C@@H](C(=O)NCc2ccc(N3CCCC3=O)cc2)CCC1=O. The number of benzene rings is 2. The maximum absolute atomic E-state index is 12.8. The molecule has 2 heterocycles. The van der Waals surface area contributed by atoms with Gasteiger partial charge >= 0.3 is 0 Å². The molecule has 168 valence electrons. The number of carbonyl (C=O) groups is 3. The molecule has 2 aromatic carbocycles. The van der Waals surface area contributed by atoms with Gasteiger partial charge in [-0.15, -0.1) is 0 Å². The van der Waals surface area contributed by atoms with Crippen LogP contribution in [-0.2, 0) is 27.5 Å². The molecule has 0 bridgehead atoms. The van der Waals surface area contributed by atoms with Crippen LogP contribution in [0, 0.1) is 5.92 Å². The zero-order valence-corrected chi connectivity index (χ0v) is 18.4. The highest BCUT2D eigenvalue weighted by Gasteiger charge is 2.30. The molecule has 0 radical (unpaired) electrons. The maximum atomic E-state index is 12.8. The number of methoxy groups -OCH3 is 1. The zero-order chi connectivity index (χ0) is 22.5. The van der Waals surface area contributed by atoms with Crippen molar-refractivity contribution in [3.8, 4) is 5.75 Å². The van der Waals surface area contributed by atoms with Crippen LogP contribution in [0.25, 0.3) is 0 Å². The van der Waals surface area contributed by atoms with Crippen LogP contribution in [0.4, 0.5) is 5.69 Å². The van der Waals surface area contributed by atoms with Gasteiger partial charge in [-0.25, -0.2) is 0 Å². The van der Waals surface area contributed by atoms with Gasteiger partial charge in [0.15, 0.2) is 0 Å². The molecule has 2 aromatic rings. The third kappa shape index (κ3) is 4.93. The summed E-state index contributed by atoms with van der Waals surface area (Å²) in [5, 5.41) is 3.01. The maximum Gasteiger partial charge on any atom is 0.227 e. The largest absolute Gasteiger partial charge is 0.496 e. The molecule has 2 saturated heterocycles. The van der Waals surface area contributed by atoms with Crippen molar-refractivity contribution in [2.45, 2.75) is 38.8 Å². The van der Waals surface area contributed by atoms with Gasteiger partial charge in [-0.05, 0) is 36.6 Å². The van der Waals surface area contributed by atoms with E-state index in [0.717, 1.165) is 35.5 Å². The van der Waals surface area contributed by atoms with E-state index in [0.29, 0.717) is 38.9 Å². The second kappa shape index (κ2) is 9.85. The van der Waals surface area contributed by atoms with Gasteiger partial charge in [-0.2, -0.15) is 0 Å². The summed E-state index contributed by atoms with van der Waals surface area (Å²) in [5.74, 6) is 0.693. The molecule has 32 heavy (non-hydrogen) atoms. The summed E-state index contributed by atoms with van der Waals surface area (Å²) in [7, 11) is 1.61. The van der Waals surface area contributed by atoms with Gasteiger partial charge in [-0.3, -0.25) is 14.4 Å². The standard InChI is InChI=1S/C25H29N3O4/c1-32-22-6-3-2-5-19(22)16-27-17-20(10-13-23(27)29)25(31)26-15-18-8-11-21(12-9-18)28-14-4-7-24(28)30/h2-3,5-6,8-9,11-12,20H,4,7,10,13-17H2,1H3,(H,26,31)/t20-/m0/s1. The molecule has 7 heteroatoms. The molecule has 1 N–H and O–H groups in total. The number of anilines is 1. The average molecular weight is 436 g/mol. The molecule has 0 aliphatic carbocycles. The third-order valence-electron chi connectivity index (χ3n) is 6.21. The van der Waals surface area contributed by atoms with Crippen molar-refractivity contribution in [1.29, 1.82) is 0 Å². The minimum absolute atomic E-state index is 0.0404. The van der Waals surface area contributed by atoms with Gasteiger partial charge in [0.1, 0.15) is 5.75 Å².